The topological polar surface area (TPSA) is 71.5 Å². The largest absolute Gasteiger partial charge is 0.460 e. The number of aliphatic hydroxyl groups is 1. The van der Waals surface area contributed by atoms with Crippen molar-refractivity contribution >= 4 is 5.97 Å². The standard InChI is InChI=1S/C33H54N2O5/c1-22(36)40-30-27(35-15-11-33(12-16-35)38-17-18-39-33)20-26-24-8-7-23-19-29(37)28(34-13-5-4-6-14-34)21-32(23,3)25(24)9-10-31(26,30)2/h23-30,37H,4-21H2,1-3H3/t23-,24+,25-,26-,27-,28-,29-,30-,31-,32-/m0/s1. The summed E-state index contributed by atoms with van der Waals surface area (Å²) < 4.78 is 18.4. The lowest BCUT2D eigenvalue weighted by Gasteiger charge is -2.62. The van der Waals surface area contributed by atoms with E-state index in [4.69, 9.17) is 14.2 Å². The van der Waals surface area contributed by atoms with Gasteiger partial charge in [-0.15, -0.1) is 0 Å². The molecule has 0 radical (unpaired) electrons. The number of hydrogen-bond donors (Lipinski definition) is 1. The van der Waals surface area contributed by atoms with E-state index in [9.17, 15) is 9.90 Å². The summed E-state index contributed by atoms with van der Waals surface area (Å²) in [5.74, 6) is 2.13. The summed E-state index contributed by atoms with van der Waals surface area (Å²) in [6.45, 7) is 12.3. The van der Waals surface area contributed by atoms with E-state index in [2.05, 4.69) is 23.6 Å². The van der Waals surface area contributed by atoms with Crippen LogP contribution in [0, 0.1) is 34.5 Å². The fourth-order valence-electron chi connectivity index (χ4n) is 11.6. The average Bonchev–Trinajstić information content (AvgIpc) is 3.52. The smallest absolute Gasteiger partial charge is 0.302 e. The summed E-state index contributed by atoms with van der Waals surface area (Å²) in [5, 5.41) is 11.3. The van der Waals surface area contributed by atoms with Crippen LogP contribution in [-0.2, 0) is 19.0 Å². The number of piperidine rings is 2. The second-order valence-corrected chi connectivity index (χ2v) is 15.3. The van der Waals surface area contributed by atoms with Crippen LogP contribution in [0.2, 0.25) is 0 Å². The van der Waals surface area contributed by atoms with Crippen LogP contribution < -0.4 is 0 Å². The molecule has 4 saturated carbocycles. The fourth-order valence-corrected chi connectivity index (χ4v) is 11.6. The van der Waals surface area contributed by atoms with E-state index in [-0.39, 0.29) is 35.4 Å². The van der Waals surface area contributed by atoms with E-state index in [0.29, 0.717) is 48.3 Å². The van der Waals surface area contributed by atoms with Crippen molar-refractivity contribution in [1.29, 1.82) is 0 Å². The van der Waals surface area contributed by atoms with Crippen LogP contribution >= 0.6 is 0 Å². The maximum Gasteiger partial charge on any atom is 0.302 e. The number of aliphatic hydroxyl groups excluding tert-OH is 1. The Morgan fingerprint density at radius 3 is 2.23 bits per heavy atom. The lowest BCUT2D eigenvalue weighted by atomic mass is 9.44. The second-order valence-electron chi connectivity index (χ2n) is 15.3. The van der Waals surface area contributed by atoms with Gasteiger partial charge in [0.25, 0.3) is 0 Å². The van der Waals surface area contributed by atoms with Crippen LogP contribution in [0.3, 0.4) is 0 Å². The maximum absolute atomic E-state index is 12.5. The molecule has 7 heteroatoms. The van der Waals surface area contributed by atoms with Crippen LogP contribution in [0.5, 0.6) is 0 Å². The summed E-state index contributed by atoms with van der Waals surface area (Å²) in [6, 6.07) is 0.621. The number of hydrogen-bond acceptors (Lipinski definition) is 7. The molecular weight excluding hydrogens is 504 g/mol. The van der Waals surface area contributed by atoms with Crippen LogP contribution in [0.1, 0.15) is 97.8 Å². The molecule has 7 rings (SSSR count). The summed E-state index contributed by atoms with van der Waals surface area (Å²) in [4.78, 5) is 17.8. The van der Waals surface area contributed by atoms with Gasteiger partial charge in [-0.1, -0.05) is 20.3 Å². The van der Waals surface area contributed by atoms with E-state index in [1.165, 1.54) is 38.5 Å². The maximum atomic E-state index is 12.5. The summed E-state index contributed by atoms with van der Waals surface area (Å²) in [6.07, 6.45) is 13.7. The molecule has 10 atom stereocenters. The van der Waals surface area contributed by atoms with Crippen molar-refractivity contribution in [2.45, 2.75) is 128 Å². The van der Waals surface area contributed by atoms with E-state index in [0.717, 1.165) is 64.7 Å². The van der Waals surface area contributed by atoms with Crippen molar-refractivity contribution < 1.29 is 24.1 Å². The molecule has 4 aliphatic carbocycles. The molecule has 0 bridgehead atoms. The van der Waals surface area contributed by atoms with Gasteiger partial charge in [-0.2, -0.15) is 0 Å². The normalized spacial score (nSPS) is 49.3. The highest BCUT2D eigenvalue weighted by atomic mass is 16.7. The van der Waals surface area contributed by atoms with Gasteiger partial charge in [0.05, 0.1) is 19.3 Å². The number of carbonyl (C=O) groups is 1. The highest BCUT2D eigenvalue weighted by Gasteiger charge is 2.65. The molecule has 0 aromatic heterocycles. The molecule has 7 nitrogen and oxygen atoms in total. The zero-order valence-electron chi connectivity index (χ0n) is 25.3. The summed E-state index contributed by atoms with van der Waals surface area (Å²) >= 11 is 0. The van der Waals surface area contributed by atoms with Crippen LogP contribution in [-0.4, -0.2) is 90.3 Å². The minimum Gasteiger partial charge on any atom is -0.460 e. The van der Waals surface area contributed by atoms with Gasteiger partial charge in [-0.3, -0.25) is 14.6 Å². The molecule has 1 spiro atoms. The Labute approximate surface area is 241 Å². The Balaban J connectivity index is 1.13. The third kappa shape index (κ3) is 4.51. The van der Waals surface area contributed by atoms with Crippen molar-refractivity contribution in [2.75, 3.05) is 39.4 Å². The van der Waals surface area contributed by atoms with Crippen LogP contribution in [0.15, 0.2) is 0 Å². The van der Waals surface area contributed by atoms with E-state index in [1.54, 1.807) is 6.92 Å². The number of carbonyl (C=O) groups excluding carboxylic acids is 1. The molecule has 3 saturated heterocycles. The van der Waals surface area contributed by atoms with Gasteiger partial charge in [-0.05, 0) is 100.0 Å². The van der Waals surface area contributed by atoms with E-state index < -0.39 is 0 Å². The monoisotopic (exact) mass is 558 g/mol. The first-order valence-corrected chi connectivity index (χ1v) is 16.8. The number of fused-ring (bicyclic) bond motifs is 5. The zero-order valence-corrected chi connectivity index (χ0v) is 25.3. The fraction of sp³-hybridized carbons (Fsp3) is 0.970. The van der Waals surface area contributed by atoms with Gasteiger partial charge in [0.15, 0.2) is 5.79 Å². The molecule has 7 fully saturated rings. The molecule has 226 valence electrons. The molecule has 3 heterocycles. The lowest BCUT2D eigenvalue weighted by Crippen LogP contribution is -2.60. The predicted molar refractivity (Wildman–Crippen MR) is 152 cm³/mol. The van der Waals surface area contributed by atoms with Crippen molar-refractivity contribution in [3.8, 4) is 0 Å². The number of nitrogens with zero attached hydrogens (tertiary/aromatic N) is 2. The Morgan fingerprint density at radius 2 is 1.52 bits per heavy atom. The Kier molecular flexibility index (Phi) is 7.34. The second kappa shape index (κ2) is 10.5. The summed E-state index contributed by atoms with van der Waals surface area (Å²) in [7, 11) is 0. The van der Waals surface area contributed by atoms with E-state index >= 15 is 0 Å². The predicted octanol–water partition coefficient (Wildman–Crippen LogP) is 4.60. The number of ether oxygens (including phenoxy) is 3. The third-order valence-corrected chi connectivity index (χ3v) is 13.6. The minimum atomic E-state index is -0.378. The van der Waals surface area contributed by atoms with Gasteiger partial charge >= 0.3 is 5.97 Å². The van der Waals surface area contributed by atoms with Crippen LogP contribution in [0.25, 0.3) is 0 Å². The molecule has 0 amide bonds. The van der Waals surface area contributed by atoms with Gasteiger partial charge in [0.1, 0.15) is 6.10 Å². The highest BCUT2D eigenvalue weighted by Crippen LogP contribution is 2.67. The molecule has 0 aromatic carbocycles. The molecule has 3 aliphatic heterocycles. The first-order chi connectivity index (χ1) is 19.2. The molecule has 0 unspecified atom stereocenters. The third-order valence-electron chi connectivity index (χ3n) is 13.6. The zero-order chi connectivity index (χ0) is 27.7. The van der Waals surface area contributed by atoms with Crippen molar-refractivity contribution in [3.05, 3.63) is 0 Å². The van der Waals surface area contributed by atoms with Crippen molar-refractivity contribution in [2.24, 2.45) is 34.5 Å². The Morgan fingerprint density at radius 1 is 0.825 bits per heavy atom. The molecule has 7 aliphatic rings. The molecule has 0 aromatic rings. The van der Waals surface area contributed by atoms with Gasteiger partial charge in [0.2, 0.25) is 0 Å². The Hall–Kier alpha value is -0.730. The van der Waals surface area contributed by atoms with Crippen molar-refractivity contribution in [3.63, 3.8) is 0 Å². The first-order valence-electron chi connectivity index (χ1n) is 16.8. The van der Waals surface area contributed by atoms with Crippen LogP contribution in [0.4, 0.5) is 0 Å². The van der Waals surface area contributed by atoms with Gasteiger partial charge in [-0.25, -0.2) is 0 Å². The summed E-state index contributed by atoms with van der Waals surface area (Å²) in [5.41, 5.74) is 0.339. The molecular formula is C33H54N2O5. The van der Waals surface area contributed by atoms with Crippen molar-refractivity contribution in [1.82, 2.24) is 9.80 Å². The van der Waals surface area contributed by atoms with Gasteiger partial charge in [0, 0.05) is 50.4 Å². The van der Waals surface area contributed by atoms with Gasteiger partial charge < -0.3 is 19.3 Å². The van der Waals surface area contributed by atoms with E-state index in [1.807, 2.05) is 0 Å². The highest BCUT2D eigenvalue weighted by molar-refractivity contribution is 5.66. The number of rotatable bonds is 3. The first kappa shape index (κ1) is 28.1. The number of likely N-dealkylation sites (tertiary alicyclic amines) is 2. The lowest BCUT2D eigenvalue weighted by molar-refractivity contribution is -0.193. The quantitative estimate of drug-likeness (QED) is 0.508. The number of esters is 1. The molecule has 40 heavy (non-hydrogen) atoms. The SMILES string of the molecule is CC(=O)O[C@H]1[C@@H](N2CCC3(CC2)OCCO3)C[C@H]2[C@@H]3CC[C@H]4C[C@H](O)[C@@H](N5CCCCC5)C[C@]4(C)[C@H]3CC[C@@]21C. The minimum absolute atomic E-state index is 0.0322. The Bertz CT molecular complexity index is 939. The molecule has 1 N–H and O–H groups in total. The average molecular weight is 559 g/mol.